The Hall–Kier alpha value is -4.33. The van der Waals surface area contributed by atoms with Gasteiger partial charge in [0.25, 0.3) is 5.79 Å². The first-order chi connectivity index (χ1) is 21.7. The second kappa shape index (κ2) is 10.9. The highest BCUT2D eigenvalue weighted by atomic mass is 16.7. The number of aliphatic hydroxyl groups is 4. The monoisotopic (exact) mass is 620 g/mol. The summed E-state index contributed by atoms with van der Waals surface area (Å²) in [5, 5.41) is 51.3. The number of carbonyl (C=O) groups is 1. The summed E-state index contributed by atoms with van der Waals surface area (Å²) in [7, 11) is 3.08. The Morgan fingerprint density at radius 1 is 1.02 bits per heavy atom. The van der Waals surface area contributed by atoms with Crippen molar-refractivity contribution in [3.05, 3.63) is 70.8 Å². The SMILES string of the molecule is COc1cc(CCO)c2c(c1OC)O[C@@H]1c3c(-c4ccccc4)cc4c(c3OC[C@@H]21)C=C[C@@]1(O4)O[C@H](C(=O)O)[C@@H](O)[C@H](O)[C@H]1O. The third kappa shape index (κ3) is 4.36. The number of carboxylic acids is 1. The summed E-state index contributed by atoms with van der Waals surface area (Å²) in [6, 6.07) is 13.1. The van der Waals surface area contributed by atoms with Gasteiger partial charge >= 0.3 is 5.97 Å². The van der Waals surface area contributed by atoms with Crippen LogP contribution < -0.4 is 23.7 Å². The molecule has 7 atom stereocenters. The number of aliphatic hydroxyl groups excluding tert-OH is 4. The highest BCUT2D eigenvalue weighted by Crippen LogP contribution is 2.61. The van der Waals surface area contributed by atoms with E-state index in [0.29, 0.717) is 40.5 Å². The van der Waals surface area contributed by atoms with Gasteiger partial charge in [0.1, 0.15) is 29.8 Å². The van der Waals surface area contributed by atoms with E-state index in [4.69, 9.17) is 28.4 Å². The lowest BCUT2D eigenvalue weighted by molar-refractivity contribution is -0.309. The van der Waals surface area contributed by atoms with Gasteiger partial charge in [-0.15, -0.1) is 0 Å². The van der Waals surface area contributed by atoms with Crippen LogP contribution in [0.5, 0.6) is 28.7 Å². The fourth-order valence-electron chi connectivity index (χ4n) is 6.81. The molecule has 0 amide bonds. The summed E-state index contributed by atoms with van der Waals surface area (Å²) in [4.78, 5) is 11.8. The van der Waals surface area contributed by atoms with Gasteiger partial charge in [-0.2, -0.15) is 0 Å². The van der Waals surface area contributed by atoms with Crippen LogP contribution in [0.3, 0.4) is 0 Å². The number of hydrogen-bond acceptors (Lipinski definition) is 11. The van der Waals surface area contributed by atoms with Crippen LogP contribution in [0, 0.1) is 0 Å². The Kier molecular flexibility index (Phi) is 7.14. The molecule has 0 unspecified atom stereocenters. The molecule has 0 radical (unpaired) electrons. The standard InChI is InChI=1S/C33H32O12/c1-40-21-12-16(9-11-34)22-19-14-42-26-17-8-10-33(31(37)25(36)24(35)30(45-33)32(38)39)44-20(17)13-18(15-6-4-3-5-7-15)23(26)27(19)43-29(22)28(21)41-2/h3-8,10,12-13,19,24-25,27,30-31,34-37H,9,11,14H2,1-2H3,(H,38,39)/t19-,24-,25-,27-,30-,31+,33+/m0/s1. The summed E-state index contributed by atoms with van der Waals surface area (Å²) < 4.78 is 36.4. The zero-order valence-corrected chi connectivity index (χ0v) is 24.4. The molecule has 5 N–H and O–H groups in total. The van der Waals surface area contributed by atoms with E-state index in [1.54, 1.807) is 12.1 Å². The third-order valence-electron chi connectivity index (χ3n) is 8.91. The fraction of sp³-hybridized carbons (Fsp3) is 0.364. The number of ether oxygens (including phenoxy) is 6. The smallest absolute Gasteiger partial charge is 0.335 e. The zero-order chi connectivity index (χ0) is 31.6. The largest absolute Gasteiger partial charge is 0.493 e. The van der Waals surface area contributed by atoms with Crippen LogP contribution in [-0.4, -0.2) is 89.1 Å². The number of carboxylic acid groups (broad SMARTS) is 1. The van der Waals surface area contributed by atoms with E-state index < -0.39 is 42.3 Å². The number of fused-ring (bicyclic) bond motifs is 7. The molecule has 45 heavy (non-hydrogen) atoms. The summed E-state index contributed by atoms with van der Waals surface area (Å²) in [5.41, 5.74) is 4.44. The highest BCUT2D eigenvalue weighted by molar-refractivity contribution is 5.82. The van der Waals surface area contributed by atoms with E-state index in [9.17, 15) is 30.3 Å². The van der Waals surface area contributed by atoms with E-state index >= 15 is 0 Å². The lowest BCUT2D eigenvalue weighted by Crippen LogP contribution is -2.67. The molecule has 1 fully saturated rings. The predicted octanol–water partition coefficient (Wildman–Crippen LogP) is 2.18. The average Bonchev–Trinajstić information content (AvgIpc) is 3.45. The molecule has 1 spiro atoms. The molecule has 12 nitrogen and oxygen atoms in total. The van der Waals surface area contributed by atoms with Gasteiger partial charge in [-0.3, -0.25) is 0 Å². The summed E-state index contributed by atoms with van der Waals surface area (Å²) in [6.07, 6.45) is -4.66. The first-order valence-corrected chi connectivity index (χ1v) is 14.5. The van der Waals surface area contributed by atoms with Crippen molar-refractivity contribution in [2.75, 3.05) is 27.4 Å². The van der Waals surface area contributed by atoms with Crippen molar-refractivity contribution in [1.82, 2.24) is 0 Å². The normalized spacial score (nSPS) is 28.9. The molecule has 12 heteroatoms. The molecular weight excluding hydrogens is 588 g/mol. The Labute approximate surface area is 257 Å². The van der Waals surface area contributed by atoms with Crippen molar-refractivity contribution in [1.29, 1.82) is 0 Å². The molecule has 3 aromatic carbocycles. The molecule has 0 aromatic heterocycles. The van der Waals surface area contributed by atoms with Gasteiger partial charge in [-0.25, -0.2) is 4.79 Å². The van der Waals surface area contributed by atoms with Gasteiger partial charge < -0.3 is 54.0 Å². The van der Waals surface area contributed by atoms with Crippen LogP contribution in [0.15, 0.2) is 48.5 Å². The molecule has 0 aliphatic carbocycles. The van der Waals surface area contributed by atoms with E-state index in [-0.39, 0.29) is 24.9 Å². The molecule has 3 aromatic rings. The number of aliphatic carboxylic acids is 1. The van der Waals surface area contributed by atoms with Crippen molar-refractivity contribution in [3.8, 4) is 39.9 Å². The molecule has 4 aliphatic heterocycles. The molecule has 4 aliphatic rings. The molecule has 0 bridgehead atoms. The van der Waals surface area contributed by atoms with E-state index in [2.05, 4.69) is 0 Å². The van der Waals surface area contributed by atoms with Gasteiger partial charge in [0.05, 0.1) is 32.3 Å². The molecule has 236 valence electrons. The number of benzene rings is 3. The topological polar surface area (TPSA) is 174 Å². The van der Waals surface area contributed by atoms with Gasteiger partial charge in [0.2, 0.25) is 5.75 Å². The van der Waals surface area contributed by atoms with Crippen LogP contribution in [0.4, 0.5) is 0 Å². The molecule has 4 heterocycles. The van der Waals surface area contributed by atoms with Crippen LogP contribution in [0.1, 0.15) is 34.3 Å². The van der Waals surface area contributed by atoms with Crippen LogP contribution in [-0.2, 0) is 16.0 Å². The molecule has 0 saturated carbocycles. The van der Waals surface area contributed by atoms with Gasteiger partial charge in [0.15, 0.2) is 23.7 Å². The number of rotatable bonds is 6. The Balaban J connectivity index is 1.39. The van der Waals surface area contributed by atoms with Crippen molar-refractivity contribution in [2.24, 2.45) is 0 Å². The second-order valence-electron chi connectivity index (χ2n) is 11.3. The summed E-state index contributed by atoms with van der Waals surface area (Å²) in [6.45, 7) is 0.138. The summed E-state index contributed by atoms with van der Waals surface area (Å²) in [5.74, 6) is -1.79. The predicted molar refractivity (Wildman–Crippen MR) is 157 cm³/mol. The average molecular weight is 621 g/mol. The van der Waals surface area contributed by atoms with Crippen LogP contribution in [0.25, 0.3) is 17.2 Å². The Bertz CT molecular complexity index is 1690. The second-order valence-corrected chi connectivity index (χ2v) is 11.3. The van der Waals surface area contributed by atoms with Crippen molar-refractivity contribution in [2.45, 2.75) is 48.6 Å². The van der Waals surface area contributed by atoms with Gasteiger partial charge in [-0.05, 0) is 47.4 Å². The molecule has 7 rings (SSSR count). The quantitative estimate of drug-likeness (QED) is 0.272. The maximum Gasteiger partial charge on any atom is 0.335 e. The van der Waals surface area contributed by atoms with E-state index in [1.165, 1.54) is 20.3 Å². The van der Waals surface area contributed by atoms with Crippen molar-refractivity contribution < 1.29 is 58.7 Å². The fourth-order valence-corrected chi connectivity index (χ4v) is 6.81. The summed E-state index contributed by atoms with van der Waals surface area (Å²) >= 11 is 0. The van der Waals surface area contributed by atoms with Gasteiger partial charge in [0, 0.05) is 17.7 Å². The number of methoxy groups -OCH3 is 2. The van der Waals surface area contributed by atoms with Crippen LogP contribution in [0.2, 0.25) is 0 Å². The minimum Gasteiger partial charge on any atom is -0.493 e. The van der Waals surface area contributed by atoms with Crippen LogP contribution >= 0.6 is 0 Å². The Morgan fingerprint density at radius 3 is 2.49 bits per heavy atom. The highest BCUT2D eigenvalue weighted by Gasteiger charge is 2.58. The minimum atomic E-state index is -2.10. The third-order valence-corrected chi connectivity index (χ3v) is 8.91. The minimum absolute atomic E-state index is 0.0776. The van der Waals surface area contributed by atoms with Gasteiger partial charge in [-0.1, -0.05) is 30.3 Å². The first-order valence-electron chi connectivity index (χ1n) is 14.5. The first kappa shape index (κ1) is 29.4. The number of hydrogen-bond donors (Lipinski definition) is 5. The molecule has 1 saturated heterocycles. The van der Waals surface area contributed by atoms with Crippen molar-refractivity contribution in [3.63, 3.8) is 0 Å². The lowest BCUT2D eigenvalue weighted by Gasteiger charge is -2.47. The van der Waals surface area contributed by atoms with E-state index in [1.807, 2.05) is 36.4 Å². The zero-order valence-electron chi connectivity index (χ0n) is 24.4. The maximum absolute atomic E-state index is 11.8. The maximum atomic E-state index is 11.8. The lowest BCUT2D eigenvalue weighted by atomic mass is 9.81. The van der Waals surface area contributed by atoms with E-state index in [0.717, 1.165) is 22.3 Å². The Morgan fingerprint density at radius 2 is 1.80 bits per heavy atom. The van der Waals surface area contributed by atoms with Crippen molar-refractivity contribution >= 4 is 12.0 Å². The molecular formula is C33H32O12.